The second-order valence-corrected chi connectivity index (χ2v) is 6.85. The van der Waals surface area contributed by atoms with E-state index >= 15 is 0 Å². The van der Waals surface area contributed by atoms with E-state index in [0.717, 1.165) is 20.7 Å². The number of nitrogens with zero attached hydrogens (tertiary/aromatic N) is 1. The average Bonchev–Trinajstić information content (AvgIpc) is 2.87. The molecule has 1 atom stereocenters. The van der Waals surface area contributed by atoms with Gasteiger partial charge in [-0.15, -0.1) is 11.3 Å². The van der Waals surface area contributed by atoms with Crippen molar-refractivity contribution >= 4 is 46.1 Å². The highest BCUT2D eigenvalue weighted by molar-refractivity contribution is 7.16. The van der Waals surface area contributed by atoms with Crippen LogP contribution in [0, 0.1) is 0 Å². The van der Waals surface area contributed by atoms with Gasteiger partial charge in [-0.25, -0.2) is 4.98 Å². The van der Waals surface area contributed by atoms with Gasteiger partial charge in [0.05, 0.1) is 21.4 Å². The summed E-state index contributed by atoms with van der Waals surface area (Å²) in [7, 11) is 0. The van der Waals surface area contributed by atoms with Gasteiger partial charge in [0.1, 0.15) is 6.54 Å². The van der Waals surface area contributed by atoms with Crippen LogP contribution in [0.4, 0.5) is 5.69 Å². The molecule has 2 heterocycles. The van der Waals surface area contributed by atoms with Crippen molar-refractivity contribution in [3.63, 3.8) is 0 Å². The third-order valence-electron chi connectivity index (χ3n) is 2.93. The standard InChI is InChI=1S/C15H15Cl2N3OS/c1-2-8-20(9-11-5-6-13(16)22-11)10-14(21)19-12-4-3-7-18-15(12)17/h2-7H,1,8-10H2,(H,19,21)/p+1. The van der Waals surface area contributed by atoms with E-state index in [4.69, 9.17) is 23.2 Å². The quantitative estimate of drug-likeness (QED) is 0.591. The molecule has 0 aliphatic carbocycles. The lowest BCUT2D eigenvalue weighted by atomic mass is 10.3. The summed E-state index contributed by atoms with van der Waals surface area (Å²) in [6.45, 7) is 5.46. The van der Waals surface area contributed by atoms with Crippen molar-refractivity contribution in [3.05, 3.63) is 57.5 Å². The molecule has 2 rings (SSSR count). The number of hydrogen-bond donors (Lipinski definition) is 2. The first kappa shape index (κ1) is 17.0. The van der Waals surface area contributed by atoms with Crippen molar-refractivity contribution in [2.45, 2.75) is 6.54 Å². The highest BCUT2D eigenvalue weighted by atomic mass is 35.5. The summed E-state index contributed by atoms with van der Waals surface area (Å²) in [5, 5.41) is 3.06. The van der Waals surface area contributed by atoms with Crippen LogP contribution in [0.5, 0.6) is 0 Å². The first-order valence-electron chi connectivity index (χ1n) is 6.67. The van der Waals surface area contributed by atoms with Crippen molar-refractivity contribution in [1.82, 2.24) is 4.98 Å². The molecule has 1 amide bonds. The van der Waals surface area contributed by atoms with Crippen LogP contribution >= 0.6 is 34.5 Å². The Balaban J connectivity index is 1.96. The summed E-state index contributed by atoms with van der Waals surface area (Å²) in [6, 6.07) is 7.29. The summed E-state index contributed by atoms with van der Waals surface area (Å²) >= 11 is 13.4. The van der Waals surface area contributed by atoms with Crippen LogP contribution in [0.3, 0.4) is 0 Å². The van der Waals surface area contributed by atoms with Gasteiger partial charge in [0.15, 0.2) is 11.7 Å². The normalized spacial score (nSPS) is 11.9. The molecule has 0 aliphatic heterocycles. The number of rotatable bonds is 7. The molecule has 0 fully saturated rings. The molecule has 0 aromatic carbocycles. The number of quaternary nitrogens is 1. The first-order chi connectivity index (χ1) is 10.6. The lowest BCUT2D eigenvalue weighted by Crippen LogP contribution is -3.11. The number of carbonyl (C=O) groups is 1. The van der Waals surface area contributed by atoms with E-state index in [0.29, 0.717) is 18.8 Å². The van der Waals surface area contributed by atoms with Crippen molar-refractivity contribution < 1.29 is 9.69 Å². The average molecular weight is 357 g/mol. The van der Waals surface area contributed by atoms with Crippen LogP contribution in [-0.2, 0) is 11.3 Å². The van der Waals surface area contributed by atoms with Gasteiger partial charge in [0.2, 0.25) is 0 Å². The Kier molecular flexibility index (Phi) is 6.39. The Morgan fingerprint density at radius 3 is 2.86 bits per heavy atom. The monoisotopic (exact) mass is 356 g/mol. The molecule has 0 spiro atoms. The molecule has 0 aliphatic rings. The number of anilines is 1. The number of hydrogen-bond acceptors (Lipinski definition) is 3. The minimum atomic E-state index is -0.116. The summed E-state index contributed by atoms with van der Waals surface area (Å²) in [6.07, 6.45) is 3.38. The number of halogens is 2. The van der Waals surface area contributed by atoms with E-state index in [9.17, 15) is 4.79 Å². The van der Waals surface area contributed by atoms with Crippen molar-refractivity contribution in [2.75, 3.05) is 18.4 Å². The van der Waals surface area contributed by atoms with Crippen LogP contribution < -0.4 is 10.2 Å². The SMILES string of the molecule is C=CC[NH+](CC(=O)Nc1cccnc1Cl)Cc1ccc(Cl)s1. The summed E-state index contributed by atoms with van der Waals surface area (Å²) < 4.78 is 0.750. The second-order valence-electron chi connectivity index (χ2n) is 4.69. The number of aromatic nitrogens is 1. The number of carbonyl (C=O) groups excluding carboxylic acids is 1. The topological polar surface area (TPSA) is 46.4 Å². The van der Waals surface area contributed by atoms with Gasteiger partial charge in [-0.05, 0) is 30.3 Å². The second kappa shape index (κ2) is 8.29. The van der Waals surface area contributed by atoms with Gasteiger partial charge in [-0.3, -0.25) is 4.79 Å². The predicted molar refractivity (Wildman–Crippen MR) is 91.8 cm³/mol. The smallest absolute Gasteiger partial charge is 0.279 e. The Bertz CT molecular complexity index is 660. The molecule has 2 aromatic rings. The van der Waals surface area contributed by atoms with Gasteiger partial charge in [-0.2, -0.15) is 0 Å². The summed E-state index contributed by atoms with van der Waals surface area (Å²) in [4.78, 5) is 18.3. The van der Waals surface area contributed by atoms with E-state index in [2.05, 4.69) is 16.9 Å². The molecular weight excluding hydrogens is 341 g/mol. The number of amides is 1. The van der Waals surface area contributed by atoms with Gasteiger partial charge in [0.25, 0.3) is 5.91 Å². The Morgan fingerprint density at radius 2 is 2.23 bits per heavy atom. The van der Waals surface area contributed by atoms with E-state index in [1.165, 1.54) is 11.3 Å². The largest absolute Gasteiger partial charge is 0.319 e. The van der Waals surface area contributed by atoms with E-state index < -0.39 is 0 Å². The van der Waals surface area contributed by atoms with E-state index in [1.54, 1.807) is 24.4 Å². The van der Waals surface area contributed by atoms with Gasteiger partial charge < -0.3 is 10.2 Å². The molecule has 0 radical (unpaired) electrons. The molecule has 0 bridgehead atoms. The fourth-order valence-electron chi connectivity index (χ4n) is 2.00. The predicted octanol–water partition coefficient (Wildman–Crippen LogP) is 2.66. The summed E-state index contributed by atoms with van der Waals surface area (Å²) in [5.74, 6) is -0.116. The van der Waals surface area contributed by atoms with Crippen LogP contribution in [0.15, 0.2) is 43.1 Å². The molecular formula is C15H16Cl2N3OS+. The van der Waals surface area contributed by atoms with Crippen LogP contribution in [0.2, 0.25) is 9.49 Å². The van der Waals surface area contributed by atoms with E-state index in [1.807, 2.05) is 12.1 Å². The maximum Gasteiger partial charge on any atom is 0.279 e. The van der Waals surface area contributed by atoms with Crippen LogP contribution in [0.25, 0.3) is 0 Å². The maximum absolute atomic E-state index is 12.2. The molecule has 4 nitrogen and oxygen atoms in total. The molecule has 0 saturated heterocycles. The lowest BCUT2D eigenvalue weighted by molar-refractivity contribution is -0.899. The molecule has 2 N–H and O–H groups in total. The highest BCUT2D eigenvalue weighted by Gasteiger charge is 2.16. The number of nitrogens with one attached hydrogen (secondary N) is 2. The third kappa shape index (κ3) is 5.10. The zero-order chi connectivity index (χ0) is 15.9. The fraction of sp³-hybridized carbons (Fsp3) is 0.200. The Labute approximate surface area is 143 Å². The number of thiophene rings is 1. The fourth-order valence-corrected chi connectivity index (χ4v) is 3.33. The minimum Gasteiger partial charge on any atom is -0.319 e. The molecule has 0 saturated carbocycles. The zero-order valence-corrected chi connectivity index (χ0v) is 14.1. The van der Waals surface area contributed by atoms with Crippen molar-refractivity contribution in [2.24, 2.45) is 0 Å². The molecule has 2 aromatic heterocycles. The van der Waals surface area contributed by atoms with Gasteiger partial charge in [-0.1, -0.05) is 29.8 Å². The first-order valence-corrected chi connectivity index (χ1v) is 8.24. The van der Waals surface area contributed by atoms with Crippen molar-refractivity contribution in [3.8, 4) is 0 Å². The Morgan fingerprint density at radius 1 is 1.41 bits per heavy atom. The van der Waals surface area contributed by atoms with Crippen molar-refractivity contribution in [1.29, 1.82) is 0 Å². The van der Waals surface area contributed by atoms with Crippen LogP contribution in [-0.4, -0.2) is 24.0 Å². The highest BCUT2D eigenvalue weighted by Crippen LogP contribution is 2.20. The number of pyridine rings is 1. The van der Waals surface area contributed by atoms with Crippen LogP contribution in [0.1, 0.15) is 4.88 Å². The van der Waals surface area contributed by atoms with Gasteiger partial charge >= 0.3 is 0 Å². The third-order valence-corrected chi connectivity index (χ3v) is 4.46. The molecule has 116 valence electrons. The van der Waals surface area contributed by atoms with Gasteiger partial charge in [0, 0.05) is 6.20 Å². The molecule has 7 heteroatoms. The lowest BCUT2D eigenvalue weighted by Gasteiger charge is -2.16. The zero-order valence-electron chi connectivity index (χ0n) is 11.8. The molecule has 1 unspecified atom stereocenters. The van der Waals surface area contributed by atoms with E-state index in [-0.39, 0.29) is 11.1 Å². The Hall–Kier alpha value is -1.40. The summed E-state index contributed by atoms with van der Waals surface area (Å²) in [5.41, 5.74) is 0.520. The molecule has 22 heavy (non-hydrogen) atoms. The maximum atomic E-state index is 12.2. The minimum absolute atomic E-state index is 0.116.